The first-order chi connectivity index (χ1) is 7.36. The summed E-state index contributed by atoms with van der Waals surface area (Å²) < 4.78 is 30.3. The number of hydrogen-bond acceptors (Lipinski definition) is 5. The molecular weight excluding hydrogens is 230 g/mol. The van der Waals surface area contributed by atoms with Gasteiger partial charge in [0.05, 0.1) is 18.3 Å². The third-order valence-electron chi connectivity index (χ3n) is 2.14. The molecule has 1 aromatic rings. The fraction of sp³-hybridized carbons (Fsp3) is 0.556. The maximum atomic E-state index is 11.4. The predicted molar refractivity (Wildman–Crippen MR) is 56.8 cm³/mol. The van der Waals surface area contributed by atoms with Crippen LogP contribution >= 0.6 is 0 Å². The maximum Gasteiger partial charge on any atom is 0.228 e. The van der Waals surface area contributed by atoms with Gasteiger partial charge < -0.3 is 4.42 Å². The van der Waals surface area contributed by atoms with E-state index < -0.39 is 15.3 Å². The van der Waals surface area contributed by atoms with Crippen molar-refractivity contribution in [3.8, 4) is 6.07 Å². The lowest BCUT2D eigenvalue weighted by molar-refractivity contribution is 0.462. The summed E-state index contributed by atoms with van der Waals surface area (Å²) in [5.41, 5.74) is 0.725. The zero-order valence-electron chi connectivity index (χ0n) is 9.31. The van der Waals surface area contributed by atoms with Crippen LogP contribution < -0.4 is 4.72 Å². The summed E-state index contributed by atoms with van der Waals surface area (Å²) in [4.78, 5) is 4.02. The molecule has 0 aromatic carbocycles. The van der Waals surface area contributed by atoms with E-state index in [2.05, 4.69) is 9.71 Å². The molecule has 1 atom stereocenters. The molecule has 7 heteroatoms. The number of aromatic nitrogens is 1. The first-order valence-corrected chi connectivity index (χ1v) is 6.22. The summed E-state index contributed by atoms with van der Waals surface area (Å²) >= 11 is 0. The van der Waals surface area contributed by atoms with Crippen molar-refractivity contribution in [2.24, 2.45) is 0 Å². The molecule has 0 aliphatic carbocycles. The Morgan fingerprint density at radius 1 is 1.56 bits per heavy atom. The van der Waals surface area contributed by atoms with Gasteiger partial charge in [0, 0.05) is 0 Å². The Kier molecular flexibility index (Phi) is 3.67. The van der Waals surface area contributed by atoms with Crippen molar-refractivity contribution in [1.82, 2.24) is 9.71 Å². The molecule has 0 amide bonds. The van der Waals surface area contributed by atoms with Crippen molar-refractivity contribution in [3.05, 3.63) is 17.3 Å². The van der Waals surface area contributed by atoms with Crippen molar-refractivity contribution in [3.63, 3.8) is 0 Å². The van der Waals surface area contributed by atoms with Gasteiger partial charge in [0.2, 0.25) is 15.9 Å². The standard InChI is InChI=1S/C9H13N3O3S/c1-6(4-10)16(13,14)11-5-9-12-7(2)8(3)15-9/h6,11H,5H2,1-3H3. The van der Waals surface area contributed by atoms with Crippen molar-refractivity contribution < 1.29 is 12.8 Å². The van der Waals surface area contributed by atoms with E-state index in [4.69, 9.17) is 9.68 Å². The lowest BCUT2D eigenvalue weighted by Gasteiger charge is -2.05. The minimum Gasteiger partial charge on any atom is -0.444 e. The summed E-state index contributed by atoms with van der Waals surface area (Å²) in [7, 11) is -3.62. The number of hydrogen-bond donors (Lipinski definition) is 1. The molecule has 1 rings (SSSR count). The Hall–Kier alpha value is -1.39. The summed E-state index contributed by atoms with van der Waals surface area (Å²) in [6.45, 7) is 4.80. The molecule has 0 aliphatic rings. The van der Waals surface area contributed by atoms with E-state index in [0.717, 1.165) is 5.69 Å². The topological polar surface area (TPSA) is 96.0 Å². The molecule has 0 spiro atoms. The van der Waals surface area contributed by atoms with Gasteiger partial charge in [0.25, 0.3) is 0 Å². The minimum atomic E-state index is -3.62. The van der Waals surface area contributed by atoms with Crippen LogP contribution in [0.1, 0.15) is 24.3 Å². The molecule has 0 saturated heterocycles. The Bertz CT molecular complexity index is 493. The molecule has 1 N–H and O–H groups in total. The first kappa shape index (κ1) is 12.7. The van der Waals surface area contributed by atoms with Crippen LogP contribution in [0, 0.1) is 25.2 Å². The van der Waals surface area contributed by atoms with Crippen LogP contribution in [-0.2, 0) is 16.6 Å². The van der Waals surface area contributed by atoms with Crippen molar-refractivity contribution in [2.45, 2.75) is 32.6 Å². The summed E-state index contributed by atoms with van der Waals surface area (Å²) in [5.74, 6) is 0.950. The van der Waals surface area contributed by atoms with Crippen LogP contribution in [-0.4, -0.2) is 18.7 Å². The molecule has 88 valence electrons. The van der Waals surface area contributed by atoms with E-state index in [1.807, 2.05) is 0 Å². The number of nitriles is 1. The van der Waals surface area contributed by atoms with Crippen LogP contribution in [0.2, 0.25) is 0 Å². The second-order valence-corrected chi connectivity index (χ2v) is 5.47. The molecule has 0 aliphatic heterocycles. The predicted octanol–water partition coefficient (Wildman–Crippen LogP) is 0.623. The highest BCUT2D eigenvalue weighted by atomic mass is 32.2. The molecule has 0 saturated carbocycles. The second-order valence-electron chi connectivity index (χ2n) is 3.39. The SMILES string of the molecule is Cc1nc(CNS(=O)(=O)C(C)C#N)oc1C. The first-order valence-electron chi connectivity index (χ1n) is 4.68. The van der Waals surface area contributed by atoms with Gasteiger partial charge in [-0.15, -0.1) is 0 Å². The van der Waals surface area contributed by atoms with Crippen LogP contribution in [0.4, 0.5) is 0 Å². The molecule has 0 bridgehead atoms. The van der Waals surface area contributed by atoms with E-state index in [1.54, 1.807) is 19.9 Å². The molecule has 1 aromatic heterocycles. The normalized spacial score (nSPS) is 13.4. The van der Waals surface area contributed by atoms with E-state index in [-0.39, 0.29) is 6.54 Å². The van der Waals surface area contributed by atoms with Crippen LogP contribution in [0.15, 0.2) is 4.42 Å². The zero-order valence-corrected chi connectivity index (χ0v) is 10.1. The van der Waals surface area contributed by atoms with E-state index in [0.29, 0.717) is 11.7 Å². The molecule has 6 nitrogen and oxygen atoms in total. The monoisotopic (exact) mass is 243 g/mol. The van der Waals surface area contributed by atoms with Crippen molar-refractivity contribution in [1.29, 1.82) is 5.26 Å². The smallest absolute Gasteiger partial charge is 0.228 e. The molecule has 0 fully saturated rings. The highest BCUT2D eigenvalue weighted by Crippen LogP contribution is 2.08. The number of rotatable bonds is 4. The fourth-order valence-corrected chi connectivity index (χ4v) is 1.68. The van der Waals surface area contributed by atoms with E-state index in [1.165, 1.54) is 6.92 Å². The highest BCUT2D eigenvalue weighted by molar-refractivity contribution is 7.90. The van der Waals surface area contributed by atoms with Gasteiger partial charge in [-0.25, -0.2) is 18.1 Å². The lowest BCUT2D eigenvalue weighted by atomic mass is 10.4. The fourth-order valence-electron chi connectivity index (χ4n) is 0.971. The van der Waals surface area contributed by atoms with Gasteiger partial charge >= 0.3 is 0 Å². The second kappa shape index (κ2) is 4.63. The molecular formula is C9H13N3O3S. The van der Waals surface area contributed by atoms with Crippen LogP contribution in [0.3, 0.4) is 0 Å². The Labute approximate surface area is 94.3 Å². The number of aryl methyl sites for hydroxylation is 2. The van der Waals surface area contributed by atoms with Crippen LogP contribution in [0.5, 0.6) is 0 Å². The van der Waals surface area contributed by atoms with Gasteiger partial charge in [0.15, 0.2) is 5.25 Å². The Morgan fingerprint density at radius 2 is 2.19 bits per heavy atom. The number of sulfonamides is 1. The summed E-state index contributed by atoms with van der Waals surface area (Å²) in [5, 5.41) is 7.41. The molecule has 16 heavy (non-hydrogen) atoms. The molecule has 0 radical (unpaired) electrons. The van der Waals surface area contributed by atoms with Crippen LogP contribution in [0.25, 0.3) is 0 Å². The third kappa shape index (κ3) is 2.81. The largest absolute Gasteiger partial charge is 0.444 e. The number of nitrogens with zero attached hydrogens (tertiary/aromatic N) is 2. The maximum absolute atomic E-state index is 11.4. The summed E-state index contributed by atoms with van der Waals surface area (Å²) in [6.07, 6.45) is 0. The highest BCUT2D eigenvalue weighted by Gasteiger charge is 2.20. The van der Waals surface area contributed by atoms with Gasteiger partial charge in [-0.2, -0.15) is 5.26 Å². The number of nitrogens with one attached hydrogen (secondary N) is 1. The average Bonchev–Trinajstić information content (AvgIpc) is 2.54. The van der Waals surface area contributed by atoms with Gasteiger partial charge in [-0.1, -0.05) is 0 Å². The van der Waals surface area contributed by atoms with Crippen molar-refractivity contribution >= 4 is 10.0 Å². The average molecular weight is 243 g/mol. The van der Waals surface area contributed by atoms with E-state index in [9.17, 15) is 8.42 Å². The third-order valence-corrected chi connectivity index (χ3v) is 3.73. The van der Waals surface area contributed by atoms with Gasteiger partial charge in [-0.3, -0.25) is 0 Å². The number of oxazole rings is 1. The minimum absolute atomic E-state index is 0.0387. The Balaban J connectivity index is 2.69. The molecule has 1 heterocycles. The van der Waals surface area contributed by atoms with Gasteiger partial charge in [0.1, 0.15) is 5.76 Å². The quantitative estimate of drug-likeness (QED) is 0.836. The van der Waals surface area contributed by atoms with Crippen molar-refractivity contribution in [2.75, 3.05) is 0 Å². The van der Waals surface area contributed by atoms with Gasteiger partial charge in [-0.05, 0) is 20.8 Å². The Morgan fingerprint density at radius 3 is 2.62 bits per heavy atom. The lowest BCUT2D eigenvalue weighted by Crippen LogP contribution is -2.31. The zero-order chi connectivity index (χ0) is 12.3. The van der Waals surface area contributed by atoms with E-state index >= 15 is 0 Å². The molecule has 1 unspecified atom stereocenters. The summed E-state index contributed by atoms with van der Waals surface area (Å²) in [6, 6.07) is 1.66.